The quantitative estimate of drug-likeness (QED) is 0.527. The summed E-state index contributed by atoms with van der Waals surface area (Å²) in [5.74, 6) is 0. The summed E-state index contributed by atoms with van der Waals surface area (Å²) in [5, 5.41) is 12.5. The van der Waals surface area contributed by atoms with E-state index in [-0.39, 0.29) is 11.4 Å². The molecule has 0 atom stereocenters. The monoisotopic (exact) mass is 190 g/mol. The van der Waals surface area contributed by atoms with Crippen molar-refractivity contribution in [3.63, 3.8) is 0 Å². The Kier molecular flexibility index (Phi) is 1.30. The summed E-state index contributed by atoms with van der Waals surface area (Å²) < 4.78 is 37.9. The Morgan fingerprint density at radius 2 is 1.57 bits per heavy atom. The molecule has 0 aliphatic heterocycles. The molecule has 0 fully saturated rings. The zero-order valence-electron chi connectivity index (χ0n) is 12.2. The lowest BCUT2D eigenvalue weighted by atomic mass is 10.3. The normalized spacial score (nSPS) is 14.8. The standard InChI is InChI=1S/C12H10NO/c14-13(11-7-3-1-4-8-11)12-9-5-2-6-10-12/h1-10H/i1D,3D,4D,7D,8D,13+1. The number of hydrogen-bond donors (Lipinski definition) is 0. The van der Waals surface area contributed by atoms with Gasteiger partial charge in [0.2, 0.25) is 0 Å². The van der Waals surface area contributed by atoms with Gasteiger partial charge in [-0.3, -0.25) is 0 Å². The molecule has 2 rings (SSSR count). The van der Waals surface area contributed by atoms with E-state index in [2.05, 4.69) is 0 Å². The third-order valence-corrected chi connectivity index (χ3v) is 1.68. The molecule has 0 heterocycles. The molecular formula is C12H10NO. The van der Waals surface area contributed by atoms with Crippen molar-refractivity contribution in [1.29, 1.82) is 0 Å². The third kappa shape index (κ3) is 1.75. The molecule has 0 unspecified atom stereocenters. The van der Waals surface area contributed by atoms with Crippen LogP contribution >= 0.6 is 0 Å². The van der Waals surface area contributed by atoms with E-state index in [0.717, 1.165) is 0 Å². The number of anilines is 2. The molecule has 0 saturated heterocycles. The van der Waals surface area contributed by atoms with Gasteiger partial charge >= 0.3 is 0 Å². The lowest BCUT2D eigenvalue weighted by molar-refractivity contribution is 0.196. The van der Waals surface area contributed by atoms with Gasteiger partial charge in [-0.15, -0.1) is 0 Å². The maximum Gasteiger partial charge on any atom is 0.0726 e. The highest BCUT2D eigenvalue weighted by molar-refractivity contribution is 5.59. The fourth-order valence-corrected chi connectivity index (χ4v) is 1.04. The predicted molar refractivity (Wildman–Crippen MR) is 55.7 cm³/mol. The molecule has 0 amide bonds. The molecular weight excluding hydrogens is 175 g/mol. The zero-order chi connectivity index (χ0) is 14.2. The molecule has 0 aliphatic rings. The first-order valence-corrected chi connectivity index (χ1v) is 4.04. The van der Waals surface area contributed by atoms with E-state index in [1.54, 1.807) is 18.2 Å². The van der Waals surface area contributed by atoms with Crippen LogP contribution in [0.1, 0.15) is 6.85 Å². The number of nitrogens with zero attached hydrogens (tertiary/aromatic N) is 1. The molecule has 2 heteroatoms. The highest BCUT2D eigenvalue weighted by Crippen LogP contribution is 2.22. The first-order valence-electron chi connectivity index (χ1n) is 6.54. The molecule has 1 radical (unpaired) electrons. The van der Waals surface area contributed by atoms with E-state index in [4.69, 9.17) is 6.85 Å². The van der Waals surface area contributed by atoms with Crippen LogP contribution in [0, 0.1) is 0 Å². The van der Waals surface area contributed by atoms with E-state index in [0.29, 0.717) is 5.06 Å². The van der Waals surface area contributed by atoms with Gasteiger partial charge in [-0.1, -0.05) is 41.5 Å². The SMILES string of the molecule is [2H]c1c([2H])c([2H])c([15N]([O])c2ccccc2)c([2H])c1[2H]. The van der Waals surface area contributed by atoms with Crippen LogP contribution in [0.5, 0.6) is 0 Å². The maximum atomic E-state index is 12.2. The average Bonchev–Trinajstić information content (AvgIpc) is 2.44. The molecule has 0 N–H and O–H groups in total. The van der Waals surface area contributed by atoms with E-state index < -0.39 is 30.2 Å². The van der Waals surface area contributed by atoms with Crippen LogP contribution in [-0.2, 0) is 5.21 Å². The predicted octanol–water partition coefficient (Wildman–Crippen LogP) is 3.17. The molecule has 0 bridgehead atoms. The molecule has 14 heavy (non-hydrogen) atoms. The molecule has 0 aliphatic carbocycles. The van der Waals surface area contributed by atoms with Crippen molar-refractivity contribution in [2.45, 2.75) is 0 Å². The molecule has 2 nitrogen and oxygen atoms in total. The van der Waals surface area contributed by atoms with Crippen LogP contribution < -0.4 is 5.06 Å². The van der Waals surface area contributed by atoms with Crippen molar-refractivity contribution in [2.75, 3.05) is 5.06 Å². The van der Waals surface area contributed by atoms with Gasteiger partial charge in [0.1, 0.15) is 0 Å². The summed E-state index contributed by atoms with van der Waals surface area (Å²) in [5.41, 5.74) is -0.168. The van der Waals surface area contributed by atoms with Crippen LogP contribution in [-0.4, -0.2) is 0 Å². The Hall–Kier alpha value is -1.80. The minimum atomic E-state index is -0.521. The van der Waals surface area contributed by atoms with Gasteiger partial charge in [-0.2, -0.15) is 5.06 Å². The molecule has 0 saturated carbocycles. The summed E-state index contributed by atoms with van der Waals surface area (Å²) in [6, 6.07) is 5.43. The first kappa shape index (κ1) is 4.62. The second-order valence-electron chi connectivity index (χ2n) is 2.60. The number of hydrogen-bond acceptors (Lipinski definition) is 1. The Bertz CT molecular complexity index is 588. The van der Waals surface area contributed by atoms with Crippen LogP contribution in [0.4, 0.5) is 11.4 Å². The number of benzene rings is 2. The lowest BCUT2D eigenvalue weighted by Crippen LogP contribution is -2.07. The second-order valence-corrected chi connectivity index (χ2v) is 2.60. The molecule has 69 valence electrons. The van der Waals surface area contributed by atoms with Gasteiger partial charge in [0.05, 0.1) is 18.2 Å². The minimum Gasteiger partial charge on any atom is -0.188 e. The van der Waals surface area contributed by atoms with Gasteiger partial charge in [0.15, 0.2) is 0 Å². The maximum absolute atomic E-state index is 12.2. The highest BCUT2D eigenvalue weighted by atomic mass is 16.8. The van der Waals surface area contributed by atoms with Crippen molar-refractivity contribution in [3.8, 4) is 0 Å². The van der Waals surface area contributed by atoms with E-state index in [9.17, 15) is 5.21 Å². The Morgan fingerprint density at radius 3 is 2.21 bits per heavy atom. The average molecular weight is 190 g/mol. The topological polar surface area (TPSA) is 23.1 Å². The minimum absolute atomic E-state index is 0.209. The largest absolute Gasteiger partial charge is 0.188 e. The summed E-state index contributed by atoms with van der Waals surface area (Å²) in [6.45, 7) is 0. The summed E-state index contributed by atoms with van der Waals surface area (Å²) in [6.07, 6.45) is 0. The van der Waals surface area contributed by atoms with E-state index in [1.807, 2.05) is 0 Å². The Labute approximate surface area is 90.0 Å². The fraction of sp³-hybridized carbons (Fsp3) is 0. The van der Waals surface area contributed by atoms with Crippen molar-refractivity contribution >= 4 is 11.4 Å². The van der Waals surface area contributed by atoms with Gasteiger partial charge in [-0.25, -0.2) is 0 Å². The van der Waals surface area contributed by atoms with Crippen LogP contribution in [0.15, 0.2) is 60.5 Å². The van der Waals surface area contributed by atoms with Crippen molar-refractivity contribution < 1.29 is 12.1 Å². The first-order chi connectivity index (χ1) is 8.95. The smallest absolute Gasteiger partial charge is 0.0726 e. The van der Waals surface area contributed by atoms with Gasteiger partial charge in [0, 0.05) is 0 Å². The van der Waals surface area contributed by atoms with Gasteiger partial charge in [-0.05, 0) is 24.2 Å². The van der Waals surface area contributed by atoms with Gasteiger partial charge in [0.25, 0.3) is 0 Å². The van der Waals surface area contributed by atoms with E-state index >= 15 is 0 Å². The van der Waals surface area contributed by atoms with Crippen molar-refractivity contribution in [1.82, 2.24) is 0 Å². The van der Waals surface area contributed by atoms with Gasteiger partial charge < -0.3 is 0 Å². The summed E-state index contributed by atoms with van der Waals surface area (Å²) in [7, 11) is 0. The zero-order valence-corrected chi connectivity index (χ0v) is 7.24. The molecule has 0 spiro atoms. The number of rotatable bonds is 2. The van der Waals surface area contributed by atoms with E-state index in [1.165, 1.54) is 12.1 Å². The number of para-hydroxylation sites is 2. The lowest BCUT2D eigenvalue weighted by Gasteiger charge is -2.13. The summed E-state index contributed by atoms with van der Waals surface area (Å²) >= 11 is 0. The van der Waals surface area contributed by atoms with Crippen molar-refractivity contribution in [2.24, 2.45) is 0 Å². The molecule has 2 aromatic carbocycles. The third-order valence-electron chi connectivity index (χ3n) is 1.68. The van der Waals surface area contributed by atoms with Crippen molar-refractivity contribution in [3.05, 3.63) is 60.5 Å². The Morgan fingerprint density at radius 1 is 0.929 bits per heavy atom. The molecule has 0 aromatic heterocycles. The van der Waals surface area contributed by atoms with Crippen LogP contribution in [0.3, 0.4) is 0 Å². The van der Waals surface area contributed by atoms with Crippen LogP contribution in [0.2, 0.25) is 0 Å². The highest BCUT2D eigenvalue weighted by Gasteiger charge is 2.04. The molecule has 2 aromatic rings. The summed E-state index contributed by atoms with van der Waals surface area (Å²) in [4.78, 5) is 0. The second kappa shape index (κ2) is 3.94. The van der Waals surface area contributed by atoms with Crippen LogP contribution in [0.25, 0.3) is 0 Å². The fourth-order valence-electron chi connectivity index (χ4n) is 1.04. The Balaban J connectivity index is 2.64.